The van der Waals surface area contributed by atoms with Crippen molar-refractivity contribution in [2.75, 3.05) is 11.6 Å². The first-order chi connectivity index (χ1) is 12.2. The molecule has 1 heterocycles. The number of anilines is 1. The highest BCUT2D eigenvalue weighted by atomic mass is 32.2. The van der Waals surface area contributed by atoms with Crippen molar-refractivity contribution in [2.45, 2.75) is 11.8 Å². The Labute approximate surface area is 153 Å². The van der Waals surface area contributed by atoms with Crippen molar-refractivity contribution in [1.29, 1.82) is 0 Å². The first-order valence-electron chi connectivity index (χ1n) is 7.48. The molecule has 3 aromatic rings. The number of nitrogens with two attached hydrogens (primary N) is 1. The summed E-state index contributed by atoms with van der Waals surface area (Å²) in [6, 6.07) is 9.32. The smallest absolute Gasteiger partial charge is 0.257 e. The molecule has 2 aromatic carbocycles. The van der Waals surface area contributed by atoms with E-state index in [0.29, 0.717) is 26.5 Å². The van der Waals surface area contributed by atoms with E-state index >= 15 is 0 Å². The van der Waals surface area contributed by atoms with Gasteiger partial charge in [-0.3, -0.25) is 14.9 Å². The van der Waals surface area contributed by atoms with Crippen LogP contribution in [-0.2, 0) is 9.84 Å². The van der Waals surface area contributed by atoms with Gasteiger partial charge < -0.3 is 5.73 Å². The van der Waals surface area contributed by atoms with Crippen LogP contribution in [-0.4, -0.2) is 31.5 Å². The molecule has 0 saturated carbocycles. The van der Waals surface area contributed by atoms with Gasteiger partial charge in [-0.25, -0.2) is 13.4 Å². The molecule has 0 aliphatic heterocycles. The zero-order valence-electron chi connectivity index (χ0n) is 13.9. The van der Waals surface area contributed by atoms with Gasteiger partial charge >= 0.3 is 0 Å². The number of hydrogen-bond donors (Lipinski definition) is 2. The number of thiazole rings is 1. The number of aromatic nitrogens is 1. The zero-order valence-corrected chi connectivity index (χ0v) is 15.6. The van der Waals surface area contributed by atoms with Crippen LogP contribution < -0.4 is 11.1 Å². The number of carbonyl (C=O) groups is 2. The van der Waals surface area contributed by atoms with E-state index in [0.717, 1.165) is 6.26 Å². The van der Waals surface area contributed by atoms with Gasteiger partial charge in [0.25, 0.3) is 5.91 Å². The summed E-state index contributed by atoms with van der Waals surface area (Å²) in [5.41, 5.74) is 6.97. The van der Waals surface area contributed by atoms with Crippen molar-refractivity contribution >= 4 is 48.3 Å². The van der Waals surface area contributed by atoms with Crippen molar-refractivity contribution in [3.05, 3.63) is 53.1 Å². The van der Waals surface area contributed by atoms with Crippen LogP contribution in [0, 0.1) is 6.92 Å². The fraction of sp³-hybridized carbons (Fsp3) is 0.118. The molecule has 7 nitrogen and oxygen atoms in total. The molecule has 3 rings (SSSR count). The lowest BCUT2D eigenvalue weighted by Gasteiger charge is -2.08. The third-order valence-electron chi connectivity index (χ3n) is 3.85. The Kier molecular flexibility index (Phi) is 4.51. The lowest BCUT2D eigenvalue weighted by Crippen LogP contribution is -2.18. The zero-order chi connectivity index (χ0) is 19.1. The summed E-state index contributed by atoms with van der Waals surface area (Å²) in [6.07, 6.45) is 1.13. The Hall–Kier alpha value is -2.78. The fourth-order valence-electron chi connectivity index (χ4n) is 2.50. The number of hydrogen-bond acceptors (Lipinski definition) is 6. The number of carbonyl (C=O) groups excluding carboxylic acids is 2. The van der Waals surface area contributed by atoms with Gasteiger partial charge in [0.1, 0.15) is 0 Å². The van der Waals surface area contributed by atoms with Gasteiger partial charge in [-0.15, -0.1) is 0 Å². The third kappa shape index (κ3) is 3.44. The van der Waals surface area contributed by atoms with E-state index in [1.165, 1.54) is 23.5 Å². The molecule has 3 N–H and O–H groups in total. The lowest BCUT2D eigenvalue weighted by atomic mass is 10.0. The second-order valence-electron chi connectivity index (χ2n) is 5.72. The van der Waals surface area contributed by atoms with E-state index in [2.05, 4.69) is 10.3 Å². The number of rotatable bonds is 4. The molecular formula is C17H15N3O4S2. The van der Waals surface area contributed by atoms with Crippen LogP contribution >= 0.6 is 11.3 Å². The second kappa shape index (κ2) is 6.50. The van der Waals surface area contributed by atoms with Crippen molar-refractivity contribution in [1.82, 2.24) is 4.98 Å². The summed E-state index contributed by atoms with van der Waals surface area (Å²) in [7, 11) is -3.32. The molecule has 1 aromatic heterocycles. The molecule has 0 radical (unpaired) electrons. The predicted molar refractivity (Wildman–Crippen MR) is 100 cm³/mol. The maximum absolute atomic E-state index is 12.5. The highest BCUT2D eigenvalue weighted by Gasteiger charge is 2.16. The molecule has 0 saturated heterocycles. The van der Waals surface area contributed by atoms with Gasteiger partial charge in [0.2, 0.25) is 5.91 Å². The number of nitrogens with one attached hydrogen (secondary N) is 1. The Morgan fingerprint density at radius 3 is 2.50 bits per heavy atom. The van der Waals surface area contributed by atoms with Crippen molar-refractivity contribution in [2.24, 2.45) is 5.73 Å². The van der Waals surface area contributed by atoms with E-state index < -0.39 is 21.7 Å². The minimum Gasteiger partial charge on any atom is -0.366 e. The summed E-state index contributed by atoms with van der Waals surface area (Å²) < 4.78 is 23.9. The van der Waals surface area contributed by atoms with Gasteiger partial charge in [0.05, 0.1) is 15.1 Å². The minimum absolute atomic E-state index is 0.191. The van der Waals surface area contributed by atoms with Crippen LogP contribution in [0.25, 0.3) is 10.2 Å². The first kappa shape index (κ1) is 18.0. The summed E-state index contributed by atoms with van der Waals surface area (Å²) in [4.78, 5) is 28.4. The number of benzene rings is 2. The first-order valence-corrected chi connectivity index (χ1v) is 10.2. The summed E-state index contributed by atoms with van der Waals surface area (Å²) >= 11 is 1.17. The van der Waals surface area contributed by atoms with Crippen molar-refractivity contribution in [3.8, 4) is 0 Å². The molecule has 0 fully saturated rings. The Morgan fingerprint density at radius 2 is 1.85 bits per heavy atom. The fourth-order valence-corrected chi connectivity index (χ4v) is 4.12. The summed E-state index contributed by atoms with van der Waals surface area (Å²) in [6.45, 7) is 1.64. The van der Waals surface area contributed by atoms with Crippen LogP contribution in [0.4, 0.5) is 5.13 Å². The monoisotopic (exact) mass is 389 g/mol. The minimum atomic E-state index is -3.32. The van der Waals surface area contributed by atoms with E-state index in [1.807, 2.05) is 0 Å². The molecular weight excluding hydrogens is 374 g/mol. The van der Waals surface area contributed by atoms with Gasteiger partial charge in [-0.05, 0) is 42.8 Å². The number of primary amides is 1. The van der Waals surface area contributed by atoms with Crippen molar-refractivity contribution < 1.29 is 18.0 Å². The Bertz CT molecular complexity index is 1150. The quantitative estimate of drug-likeness (QED) is 0.710. The van der Waals surface area contributed by atoms with Gasteiger partial charge in [-0.2, -0.15) is 0 Å². The van der Waals surface area contributed by atoms with Crippen LogP contribution in [0.3, 0.4) is 0 Å². The second-order valence-corrected chi connectivity index (χ2v) is 8.76. The predicted octanol–water partition coefficient (Wildman–Crippen LogP) is 2.36. The SMILES string of the molecule is Cc1c(C(N)=O)cccc1C(=O)Nc1nc2ccc(S(C)(=O)=O)cc2s1. The van der Waals surface area contributed by atoms with Gasteiger partial charge in [0, 0.05) is 17.4 Å². The average Bonchev–Trinajstić information content (AvgIpc) is 2.95. The molecule has 26 heavy (non-hydrogen) atoms. The van der Waals surface area contributed by atoms with Crippen molar-refractivity contribution in [3.63, 3.8) is 0 Å². The summed E-state index contributed by atoms with van der Waals surface area (Å²) in [5, 5.41) is 3.01. The molecule has 2 amide bonds. The molecule has 0 atom stereocenters. The highest BCUT2D eigenvalue weighted by Crippen LogP contribution is 2.28. The summed E-state index contributed by atoms with van der Waals surface area (Å²) in [5.74, 6) is -1.03. The van der Waals surface area contributed by atoms with E-state index in [-0.39, 0.29) is 10.5 Å². The largest absolute Gasteiger partial charge is 0.366 e. The molecule has 0 bridgehead atoms. The Morgan fingerprint density at radius 1 is 1.15 bits per heavy atom. The standard InChI is InChI=1S/C17H15N3O4S2/c1-9-11(15(18)21)4-3-5-12(9)16(22)20-17-19-13-7-6-10(26(2,23)24)8-14(13)25-17/h3-8H,1-2H3,(H2,18,21)(H,19,20,22). The lowest BCUT2D eigenvalue weighted by molar-refractivity contribution is 0.0999. The average molecular weight is 389 g/mol. The van der Waals surface area contributed by atoms with Crippen LogP contribution in [0.5, 0.6) is 0 Å². The molecule has 134 valence electrons. The highest BCUT2D eigenvalue weighted by molar-refractivity contribution is 7.90. The van der Waals surface area contributed by atoms with Gasteiger partial charge in [0.15, 0.2) is 15.0 Å². The maximum Gasteiger partial charge on any atom is 0.257 e. The van der Waals surface area contributed by atoms with Crippen LogP contribution in [0.15, 0.2) is 41.3 Å². The van der Waals surface area contributed by atoms with E-state index in [1.54, 1.807) is 31.2 Å². The molecule has 9 heteroatoms. The molecule has 0 aliphatic rings. The van der Waals surface area contributed by atoms with Crippen LogP contribution in [0.2, 0.25) is 0 Å². The molecule has 0 unspecified atom stereocenters. The maximum atomic E-state index is 12.5. The number of fused-ring (bicyclic) bond motifs is 1. The normalized spacial score (nSPS) is 11.5. The topological polar surface area (TPSA) is 119 Å². The third-order valence-corrected chi connectivity index (χ3v) is 5.90. The molecule has 0 aliphatic carbocycles. The Balaban J connectivity index is 1.93. The number of nitrogens with zero attached hydrogens (tertiary/aromatic N) is 1. The number of sulfone groups is 1. The van der Waals surface area contributed by atoms with Crippen LogP contribution in [0.1, 0.15) is 26.3 Å². The number of amides is 2. The van der Waals surface area contributed by atoms with Gasteiger partial charge in [-0.1, -0.05) is 17.4 Å². The van der Waals surface area contributed by atoms with E-state index in [9.17, 15) is 18.0 Å². The van der Waals surface area contributed by atoms with E-state index in [4.69, 9.17) is 5.73 Å². The molecule has 0 spiro atoms.